The number of carboxylic acids is 1. The van der Waals surface area contributed by atoms with Crippen LogP contribution in [-0.4, -0.2) is 64.9 Å². The average molecular weight is 511 g/mol. The van der Waals surface area contributed by atoms with E-state index in [0.717, 1.165) is 12.8 Å². The zero-order chi connectivity index (χ0) is 26.3. The number of ether oxygens (including phenoxy) is 1. The maximum absolute atomic E-state index is 11.9. The van der Waals surface area contributed by atoms with Gasteiger partial charge in [-0.3, -0.25) is 14.4 Å². The van der Waals surface area contributed by atoms with E-state index in [9.17, 15) is 19.5 Å². The quantitative estimate of drug-likeness (QED) is 0.0844. The second-order valence-corrected chi connectivity index (χ2v) is 9.16. The van der Waals surface area contributed by atoms with Gasteiger partial charge < -0.3 is 26.0 Å². The first kappa shape index (κ1) is 32.6. The third-order valence-electron chi connectivity index (χ3n) is 4.89. The summed E-state index contributed by atoms with van der Waals surface area (Å²) in [5.74, 6) is -1.85. The molecule has 0 aromatic heterocycles. The number of carbonyl (C=O) groups excluding carboxylic acids is 2. The van der Waals surface area contributed by atoms with Crippen LogP contribution in [0.2, 0.25) is 0 Å². The van der Waals surface area contributed by atoms with E-state index in [1.807, 2.05) is 30.4 Å². The van der Waals surface area contributed by atoms with Crippen LogP contribution in [0.3, 0.4) is 0 Å². The molecule has 35 heavy (non-hydrogen) atoms. The van der Waals surface area contributed by atoms with Gasteiger partial charge in [0.05, 0.1) is 19.3 Å². The number of aliphatic hydroxyl groups excluding tert-OH is 1. The molecule has 8 nitrogen and oxygen atoms in total. The molecular formula is C26H42N2O6S. The van der Waals surface area contributed by atoms with E-state index >= 15 is 0 Å². The molecule has 0 saturated carbocycles. The smallest absolute Gasteiger partial charge is 0.322 e. The predicted octanol–water partition coefficient (Wildman–Crippen LogP) is 3.52. The summed E-state index contributed by atoms with van der Waals surface area (Å²) in [7, 11) is 1.32. The molecule has 0 radical (unpaired) electrons. The van der Waals surface area contributed by atoms with Crippen molar-refractivity contribution in [2.45, 2.75) is 75.7 Å². The van der Waals surface area contributed by atoms with Crippen molar-refractivity contribution in [2.24, 2.45) is 5.73 Å². The lowest BCUT2D eigenvalue weighted by Gasteiger charge is -2.21. The Labute approximate surface area is 213 Å². The first-order valence-electron chi connectivity index (χ1n) is 12.1. The molecule has 0 rings (SSSR count). The van der Waals surface area contributed by atoms with Crippen LogP contribution in [0.5, 0.6) is 0 Å². The highest BCUT2D eigenvalue weighted by molar-refractivity contribution is 8.00. The summed E-state index contributed by atoms with van der Waals surface area (Å²) >= 11 is 1.30. The van der Waals surface area contributed by atoms with Crippen LogP contribution in [0, 0.1) is 0 Å². The Morgan fingerprint density at radius 2 is 1.80 bits per heavy atom. The van der Waals surface area contributed by atoms with E-state index in [1.54, 1.807) is 0 Å². The van der Waals surface area contributed by atoms with Crippen molar-refractivity contribution in [3.05, 3.63) is 48.6 Å². The Morgan fingerprint density at radius 3 is 2.49 bits per heavy atom. The number of methoxy groups -OCH3 is 1. The standard InChI is InChI=1S/C26H42N2O6S/c1-3-4-5-6-7-8-9-10-11-12-13-14-17-23(22(29)16-15-18-25(32)34-2)35-20-21(27)26(33)28-19-24(30)31/h7-8,10-14,17,21-23,29H,3-6,9,15-16,18-20,27H2,1-2H3,(H,28,33)(H,30,31)/b8-7-,11-10-,13-12-,17-14-/t21-,22+,23+/m1/s1. The van der Waals surface area contributed by atoms with Crippen LogP contribution in [-0.2, 0) is 19.1 Å². The molecule has 1 amide bonds. The topological polar surface area (TPSA) is 139 Å². The molecule has 5 N–H and O–H groups in total. The molecule has 9 heteroatoms. The number of allylic oxidation sites excluding steroid dienone is 7. The van der Waals surface area contributed by atoms with Crippen LogP contribution in [0.4, 0.5) is 0 Å². The van der Waals surface area contributed by atoms with Crippen LogP contribution in [0.15, 0.2) is 48.6 Å². The normalized spacial score (nSPS) is 14.6. The summed E-state index contributed by atoms with van der Waals surface area (Å²) in [5, 5.41) is 21.2. The Morgan fingerprint density at radius 1 is 1.06 bits per heavy atom. The van der Waals surface area contributed by atoms with Crippen LogP contribution < -0.4 is 11.1 Å². The number of esters is 1. The third kappa shape index (κ3) is 19.6. The first-order chi connectivity index (χ1) is 16.8. The molecule has 0 fully saturated rings. The summed E-state index contributed by atoms with van der Waals surface area (Å²) < 4.78 is 4.62. The van der Waals surface area contributed by atoms with Crippen LogP contribution in [0.1, 0.15) is 58.3 Å². The molecule has 0 saturated heterocycles. The summed E-state index contributed by atoms with van der Waals surface area (Å²) in [6, 6.07) is -0.911. The van der Waals surface area contributed by atoms with Crippen molar-refractivity contribution in [1.29, 1.82) is 0 Å². The summed E-state index contributed by atoms with van der Waals surface area (Å²) in [5.41, 5.74) is 5.86. The SMILES string of the molecule is CCCCC/C=C\C\C=C/C=C\C=C/[C@H](SC[C@@H](N)C(=O)NCC(=O)O)[C@@H](O)CCCC(=O)OC. The lowest BCUT2D eigenvalue weighted by atomic mass is 10.1. The van der Waals surface area contributed by atoms with Crippen molar-refractivity contribution in [1.82, 2.24) is 5.32 Å². The molecule has 0 aromatic carbocycles. The Balaban J connectivity index is 4.75. The zero-order valence-electron chi connectivity index (χ0n) is 20.9. The van der Waals surface area contributed by atoms with Crippen molar-refractivity contribution in [3.63, 3.8) is 0 Å². The molecular weight excluding hydrogens is 468 g/mol. The Hall–Kier alpha value is -2.36. The number of carboxylic acid groups (broad SMARTS) is 1. The van der Waals surface area contributed by atoms with Crippen molar-refractivity contribution in [2.75, 3.05) is 19.4 Å². The lowest BCUT2D eigenvalue weighted by molar-refractivity contribution is -0.141. The molecule has 3 atom stereocenters. The number of aliphatic carboxylic acids is 1. The Bertz CT molecular complexity index is 721. The van der Waals surface area contributed by atoms with Gasteiger partial charge in [0.1, 0.15) is 6.54 Å². The maximum atomic E-state index is 11.9. The number of unbranched alkanes of at least 4 members (excludes halogenated alkanes) is 3. The summed E-state index contributed by atoms with van der Waals surface area (Å²) in [4.78, 5) is 33.8. The Kier molecular flexibility index (Phi) is 20.6. The minimum Gasteiger partial charge on any atom is -0.480 e. The number of hydrogen-bond acceptors (Lipinski definition) is 7. The highest BCUT2D eigenvalue weighted by Gasteiger charge is 2.21. The van der Waals surface area contributed by atoms with Gasteiger partial charge in [-0.15, -0.1) is 11.8 Å². The van der Waals surface area contributed by atoms with Crippen molar-refractivity contribution in [3.8, 4) is 0 Å². The third-order valence-corrected chi connectivity index (χ3v) is 6.30. The van der Waals surface area contributed by atoms with Crippen molar-refractivity contribution >= 4 is 29.6 Å². The second kappa shape index (κ2) is 22.1. The van der Waals surface area contributed by atoms with E-state index in [2.05, 4.69) is 35.2 Å². The number of thioether (sulfide) groups is 1. The second-order valence-electron chi connectivity index (χ2n) is 7.95. The molecule has 0 bridgehead atoms. The fourth-order valence-electron chi connectivity index (χ4n) is 2.86. The maximum Gasteiger partial charge on any atom is 0.322 e. The fourth-order valence-corrected chi connectivity index (χ4v) is 4.01. The van der Waals surface area contributed by atoms with Gasteiger partial charge in [-0.2, -0.15) is 0 Å². The van der Waals surface area contributed by atoms with Gasteiger partial charge in [0.2, 0.25) is 5.91 Å². The molecule has 198 valence electrons. The van der Waals surface area contributed by atoms with E-state index in [4.69, 9.17) is 10.8 Å². The number of carbonyl (C=O) groups is 3. The summed E-state index contributed by atoms with van der Waals surface area (Å²) in [6.45, 7) is 1.70. The van der Waals surface area contributed by atoms with E-state index < -0.39 is 30.6 Å². The van der Waals surface area contributed by atoms with Crippen LogP contribution in [0.25, 0.3) is 0 Å². The summed E-state index contributed by atoms with van der Waals surface area (Å²) in [6.07, 6.45) is 21.8. The van der Waals surface area contributed by atoms with Gasteiger partial charge in [0.15, 0.2) is 0 Å². The monoisotopic (exact) mass is 510 g/mol. The van der Waals surface area contributed by atoms with Crippen molar-refractivity contribution < 1.29 is 29.3 Å². The van der Waals surface area contributed by atoms with E-state index in [0.29, 0.717) is 12.8 Å². The first-order valence-corrected chi connectivity index (χ1v) is 13.1. The number of amides is 1. The van der Waals surface area contributed by atoms with Gasteiger partial charge in [0, 0.05) is 17.4 Å². The van der Waals surface area contributed by atoms with Gasteiger partial charge in [0.25, 0.3) is 0 Å². The van der Waals surface area contributed by atoms with E-state index in [1.165, 1.54) is 38.1 Å². The average Bonchev–Trinajstić information content (AvgIpc) is 2.84. The fraction of sp³-hybridized carbons (Fsp3) is 0.577. The highest BCUT2D eigenvalue weighted by atomic mass is 32.2. The lowest BCUT2D eigenvalue weighted by Crippen LogP contribution is -2.44. The molecule has 0 heterocycles. The molecule has 0 aliphatic rings. The number of nitrogens with one attached hydrogen (secondary N) is 1. The molecule has 0 aliphatic carbocycles. The zero-order valence-corrected chi connectivity index (χ0v) is 21.8. The molecule has 0 spiro atoms. The van der Waals surface area contributed by atoms with Crippen LogP contribution >= 0.6 is 11.8 Å². The van der Waals surface area contributed by atoms with Gasteiger partial charge in [-0.1, -0.05) is 68.4 Å². The highest BCUT2D eigenvalue weighted by Crippen LogP contribution is 2.21. The number of rotatable bonds is 20. The largest absolute Gasteiger partial charge is 0.480 e. The molecule has 0 aliphatic heterocycles. The minimum atomic E-state index is -1.15. The van der Waals surface area contributed by atoms with Gasteiger partial charge in [-0.25, -0.2) is 0 Å². The minimum absolute atomic E-state index is 0.197. The molecule has 0 aromatic rings. The van der Waals surface area contributed by atoms with E-state index in [-0.39, 0.29) is 23.4 Å². The van der Waals surface area contributed by atoms with Gasteiger partial charge in [-0.05, 0) is 32.1 Å². The van der Waals surface area contributed by atoms with Gasteiger partial charge >= 0.3 is 11.9 Å². The molecule has 0 unspecified atom stereocenters. The number of hydrogen-bond donors (Lipinski definition) is 4. The predicted molar refractivity (Wildman–Crippen MR) is 142 cm³/mol. The number of aliphatic hydroxyl groups is 1. The number of nitrogens with two attached hydrogens (primary N) is 1.